The van der Waals surface area contributed by atoms with Crippen molar-refractivity contribution in [3.63, 3.8) is 0 Å². The van der Waals surface area contributed by atoms with E-state index in [0.717, 1.165) is 16.7 Å². The van der Waals surface area contributed by atoms with Gasteiger partial charge in [-0.15, -0.1) is 52.3 Å². The molecule has 0 bridgehead atoms. The van der Waals surface area contributed by atoms with Crippen LogP contribution in [-0.2, 0) is 20.1 Å². The van der Waals surface area contributed by atoms with Crippen molar-refractivity contribution in [1.82, 2.24) is 9.38 Å². The minimum Gasteiger partial charge on any atom is -0.331 e. The predicted octanol–water partition coefficient (Wildman–Crippen LogP) is 5.54. The third kappa shape index (κ3) is 2.19. The number of thiophene rings is 2. The van der Waals surface area contributed by atoms with Crippen LogP contribution in [0.25, 0.3) is 37.2 Å². The zero-order valence-corrected chi connectivity index (χ0v) is 16.2. The summed E-state index contributed by atoms with van der Waals surface area (Å²) in [6.45, 7) is 2.13. The van der Waals surface area contributed by atoms with Gasteiger partial charge in [0.15, 0.2) is 0 Å². The van der Waals surface area contributed by atoms with Crippen molar-refractivity contribution in [2.24, 2.45) is 0 Å². The summed E-state index contributed by atoms with van der Waals surface area (Å²) in [5, 5.41) is 5.74. The molecule has 0 atom stereocenters. The summed E-state index contributed by atoms with van der Waals surface area (Å²) in [6, 6.07) is 16.0. The van der Waals surface area contributed by atoms with Crippen molar-refractivity contribution in [3.05, 3.63) is 58.9 Å². The molecule has 1 aromatic carbocycles. The molecule has 0 N–H and O–H groups in total. The molecule has 0 aliphatic heterocycles. The first-order valence-corrected chi connectivity index (χ1v) is 8.76. The average Bonchev–Trinajstić information content (AvgIpc) is 3.25. The second kappa shape index (κ2) is 5.53. The Labute approximate surface area is 154 Å². The van der Waals surface area contributed by atoms with Gasteiger partial charge in [0.05, 0.1) is 21.0 Å². The van der Waals surface area contributed by atoms with Crippen LogP contribution in [0.1, 0.15) is 4.88 Å². The summed E-state index contributed by atoms with van der Waals surface area (Å²) in [7, 11) is 0. The molecule has 0 unspecified atom stereocenters. The van der Waals surface area contributed by atoms with Gasteiger partial charge >= 0.3 is 0 Å². The largest absolute Gasteiger partial charge is 0.331 e. The molecule has 0 amide bonds. The summed E-state index contributed by atoms with van der Waals surface area (Å²) in [6.07, 6.45) is 2.15. The smallest absolute Gasteiger partial charge is 0.0907 e. The second-order valence-corrected chi connectivity index (χ2v) is 7.51. The second-order valence-electron chi connectivity index (χ2n) is 5.33. The minimum atomic E-state index is 0. The molecule has 0 spiro atoms. The molecule has 115 valence electrons. The third-order valence-electron chi connectivity index (χ3n) is 3.93. The molecule has 4 aromatic heterocycles. The number of benzene rings is 1. The standard InChI is InChI=1S/C18H11N2S2.Ir/c1-11-6-7-16(22-11)15-10-20-17(19-15)13-5-3-2-4-12(13)14-8-9-21-18(14)20;/h2-4,6-10H,1H3;/q-1;. The number of nitrogens with zero attached hydrogens (tertiary/aromatic N) is 2. The summed E-state index contributed by atoms with van der Waals surface area (Å²) < 4.78 is 2.21. The average molecular weight is 512 g/mol. The summed E-state index contributed by atoms with van der Waals surface area (Å²) in [5.74, 6) is 0. The van der Waals surface area contributed by atoms with Crippen molar-refractivity contribution in [2.75, 3.05) is 0 Å². The Bertz CT molecular complexity index is 1150. The van der Waals surface area contributed by atoms with Gasteiger partial charge in [0.1, 0.15) is 0 Å². The molecule has 0 saturated heterocycles. The first kappa shape index (κ1) is 15.0. The maximum atomic E-state index is 4.90. The monoisotopic (exact) mass is 512 g/mol. The van der Waals surface area contributed by atoms with Crippen molar-refractivity contribution < 1.29 is 20.1 Å². The maximum Gasteiger partial charge on any atom is 0.0907 e. The fraction of sp³-hybridized carbons (Fsp3) is 0.0556. The summed E-state index contributed by atoms with van der Waals surface area (Å²) in [4.78, 5) is 8.68. The molecular formula is C18H11IrN2S2-. The van der Waals surface area contributed by atoms with E-state index in [4.69, 9.17) is 4.98 Å². The van der Waals surface area contributed by atoms with Gasteiger partial charge in [0.2, 0.25) is 0 Å². The molecule has 5 heteroatoms. The van der Waals surface area contributed by atoms with Crippen molar-refractivity contribution in [2.45, 2.75) is 6.92 Å². The maximum absolute atomic E-state index is 4.90. The number of rotatable bonds is 1. The molecule has 1 radical (unpaired) electrons. The molecule has 0 aliphatic rings. The third-order valence-corrected chi connectivity index (χ3v) is 5.87. The first-order valence-electron chi connectivity index (χ1n) is 7.07. The van der Waals surface area contributed by atoms with E-state index >= 15 is 0 Å². The van der Waals surface area contributed by atoms with Crippen LogP contribution in [0.4, 0.5) is 0 Å². The van der Waals surface area contributed by atoms with Gasteiger partial charge in [-0.3, -0.25) is 4.98 Å². The van der Waals surface area contributed by atoms with Crippen LogP contribution in [0.3, 0.4) is 0 Å². The van der Waals surface area contributed by atoms with Crippen LogP contribution in [0, 0.1) is 13.0 Å². The Morgan fingerprint density at radius 1 is 1.13 bits per heavy atom. The van der Waals surface area contributed by atoms with E-state index in [1.54, 1.807) is 22.7 Å². The summed E-state index contributed by atoms with van der Waals surface area (Å²) in [5.41, 5.74) is 2.03. The Balaban J connectivity index is 0.00000135. The van der Waals surface area contributed by atoms with Gasteiger partial charge < -0.3 is 4.40 Å². The quantitative estimate of drug-likeness (QED) is 0.270. The van der Waals surface area contributed by atoms with E-state index in [0.29, 0.717) is 0 Å². The number of imidazole rings is 1. The molecule has 4 heterocycles. The molecule has 23 heavy (non-hydrogen) atoms. The Hall–Kier alpha value is -1.52. The Kier molecular flexibility index (Phi) is 3.62. The number of aryl methyl sites for hydroxylation is 1. The molecule has 0 saturated carbocycles. The van der Waals surface area contributed by atoms with Crippen LogP contribution in [0.2, 0.25) is 0 Å². The van der Waals surface area contributed by atoms with E-state index in [9.17, 15) is 0 Å². The Morgan fingerprint density at radius 2 is 2.04 bits per heavy atom. The Morgan fingerprint density at radius 3 is 2.87 bits per heavy atom. The fourth-order valence-corrected chi connectivity index (χ4v) is 4.65. The summed E-state index contributed by atoms with van der Waals surface area (Å²) >= 11 is 3.54. The van der Waals surface area contributed by atoms with Crippen LogP contribution < -0.4 is 0 Å². The van der Waals surface area contributed by atoms with Gasteiger partial charge in [-0.05, 0) is 29.8 Å². The van der Waals surface area contributed by atoms with E-state index in [2.05, 4.69) is 53.2 Å². The predicted molar refractivity (Wildman–Crippen MR) is 95.0 cm³/mol. The number of hydrogen-bond donors (Lipinski definition) is 0. The van der Waals surface area contributed by atoms with E-state index < -0.39 is 0 Å². The first-order chi connectivity index (χ1) is 10.8. The normalized spacial score (nSPS) is 11.3. The van der Waals surface area contributed by atoms with Crippen molar-refractivity contribution in [1.29, 1.82) is 0 Å². The molecule has 0 fully saturated rings. The van der Waals surface area contributed by atoms with Gasteiger partial charge in [0.25, 0.3) is 0 Å². The number of fused-ring (bicyclic) bond motifs is 6. The van der Waals surface area contributed by atoms with Gasteiger partial charge in [-0.25, -0.2) is 0 Å². The van der Waals surface area contributed by atoms with E-state index in [1.165, 1.54) is 25.4 Å². The number of aromatic nitrogens is 2. The zero-order valence-electron chi connectivity index (χ0n) is 12.2. The number of pyridine rings is 1. The molecule has 5 aromatic rings. The number of hydrogen-bond acceptors (Lipinski definition) is 3. The zero-order chi connectivity index (χ0) is 14.7. The van der Waals surface area contributed by atoms with Crippen molar-refractivity contribution >= 4 is 49.3 Å². The fourth-order valence-electron chi connectivity index (χ4n) is 2.94. The van der Waals surface area contributed by atoms with Crippen LogP contribution >= 0.6 is 22.7 Å². The van der Waals surface area contributed by atoms with Gasteiger partial charge in [-0.2, -0.15) is 0 Å². The van der Waals surface area contributed by atoms with Gasteiger partial charge in [0, 0.05) is 31.2 Å². The van der Waals surface area contributed by atoms with Crippen LogP contribution in [0.5, 0.6) is 0 Å². The van der Waals surface area contributed by atoms with Gasteiger partial charge in [-0.1, -0.05) is 11.5 Å². The molecular weight excluding hydrogens is 501 g/mol. The topological polar surface area (TPSA) is 17.3 Å². The SMILES string of the molecule is Cc1ccc(-c2cn3c(n2)c2[c-]cccc2c2ccsc23)s1.[Ir]. The molecule has 5 rings (SSSR count). The van der Waals surface area contributed by atoms with Crippen LogP contribution in [-0.4, -0.2) is 9.38 Å². The van der Waals surface area contributed by atoms with Crippen molar-refractivity contribution in [3.8, 4) is 10.6 Å². The molecule has 0 aliphatic carbocycles. The molecule has 2 nitrogen and oxygen atoms in total. The minimum absolute atomic E-state index is 0. The van der Waals surface area contributed by atoms with E-state index in [-0.39, 0.29) is 20.1 Å². The van der Waals surface area contributed by atoms with Crippen LogP contribution in [0.15, 0.2) is 48.0 Å². The van der Waals surface area contributed by atoms with E-state index in [1.807, 2.05) is 12.1 Å².